The predicted molar refractivity (Wildman–Crippen MR) is 97.7 cm³/mol. The molecule has 2 heteroatoms. The highest BCUT2D eigenvalue weighted by atomic mass is 127. The second kappa shape index (κ2) is 6.93. The SMILES string of the molecule is CCNC(Cc1ccc2c(c1)CCC2)c1cccc(I)c1. The van der Waals surface area contributed by atoms with Gasteiger partial charge in [-0.3, -0.25) is 0 Å². The average molecular weight is 391 g/mol. The quantitative estimate of drug-likeness (QED) is 0.731. The van der Waals surface area contributed by atoms with Crippen molar-refractivity contribution in [2.75, 3.05) is 6.54 Å². The van der Waals surface area contributed by atoms with E-state index < -0.39 is 0 Å². The van der Waals surface area contributed by atoms with Crippen molar-refractivity contribution in [1.29, 1.82) is 0 Å². The Labute approximate surface area is 141 Å². The van der Waals surface area contributed by atoms with Crippen LogP contribution >= 0.6 is 22.6 Å². The molecule has 0 aliphatic heterocycles. The van der Waals surface area contributed by atoms with Crippen molar-refractivity contribution in [2.45, 2.75) is 38.6 Å². The molecule has 1 aliphatic carbocycles. The molecule has 1 N–H and O–H groups in total. The minimum Gasteiger partial charge on any atom is -0.310 e. The van der Waals surface area contributed by atoms with Crippen molar-refractivity contribution in [1.82, 2.24) is 5.32 Å². The molecule has 1 atom stereocenters. The summed E-state index contributed by atoms with van der Waals surface area (Å²) < 4.78 is 1.31. The molecule has 1 nitrogen and oxygen atoms in total. The molecule has 0 aromatic heterocycles. The maximum atomic E-state index is 3.64. The molecule has 0 radical (unpaired) electrons. The van der Waals surface area contributed by atoms with E-state index in [1.165, 1.54) is 34.0 Å². The summed E-state index contributed by atoms with van der Waals surface area (Å²) in [6.45, 7) is 3.19. The third-order valence-electron chi connectivity index (χ3n) is 4.30. The molecule has 0 heterocycles. The smallest absolute Gasteiger partial charge is 0.0361 e. The fourth-order valence-electron chi connectivity index (χ4n) is 3.27. The molecule has 3 rings (SSSR count). The van der Waals surface area contributed by atoms with E-state index in [1.54, 1.807) is 11.1 Å². The highest BCUT2D eigenvalue weighted by Gasteiger charge is 2.15. The third kappa shape index (κ3) is 3.67. The number of benzene rings is 2. The Balaban J connectivity index is 1.82. The summed E-state index contributed by atoms with van der Waals surface area (Å²) >= 11 is 2.39. The fraction of sp³-hybridized carbons (Fsp3) is 0.368. The van der Waals surface area contributed by atoms with Gasteiger partial charge in [0.15, 0.2) is 0 Å². The van der Waals surface area contributed by atoms with Crippen LogP contribution in [0.1, 0.15) is 41.6 Å². The number of halogens is 1. The maximum absolute atomic E-state index is 3.64. The summed E-state index contributed by atoms with van der Waals surface area (Å²) in [5.41, 5.74) is 5.99. The molecule has 1 aliphatic rings. The molecule has 0 fully saturated rings. The normalized spacial score (nSPS) is 15.0. The predicted octanol–water partition coefficient (Wildman–Crippen LogP) is 4.67. The Kier molecular flexibility index (Phi) is 4.96. The molecule has 2 aromatic carbocycles. The molecule has 0 saturated carbocycles. The molecule has 0 spiro atoms. The highest BCUT2D eigenvalue weighted by molar-refractivity contribution is 14.1. The largest absolute Gasteiger partial charge is 0.310 e. The van der Waals surface area contributed by atoms with Crippen molar-refractivity contribution in [2.24, 2.45) is 0 Å². The molecule has 0 saturated heterocycles. The second-order valence-corrected chi connectivity index (χ2v) is 7.07. The van der Waals surface area contributed by atoms with Gasteiger partial charge in [-0.1, -0.05) is 37.3 Å². The Morgan fingerprint density at radius 2 is 1.95 bits per heavy atom. The lowest BCUT2D eigenvalue weighted by Gasteiger charge is -2.19. The van der Waals surface area contributed by atoms with Gasteiger partial charge in [-0.05, 0) is 89.2 Å². The second-order valence-electron chi connectivity index (χ2n) is 5.83. The van der Waals surface area contributed by atoms with E-state index in [0.717, 1.165) is 13.0 Å². The number of likely N-dealkylation sites (N-methyl/N-ethyl adjacent to an activating group) is 1. The van der Waals surface area contributed by atoms with Crippen molar-refractivity contribution >= 4 is 22.6 Å². The Morgan fingerprint density at radius 3 is 2.76 bits per heavy atom. The van der Waals surface area contributed by atoms with Gasteiger partial charge in [-0.25, -0.2) is 0 Å². The van der Waals surface area contributed by atoms with E-state index in [-0.39, 0.29) is 0 Å². The molecule has 110 valence electrons. The van der Waals surface area contributed by atoms with Gasteiger partial charge in [-0.2, -0.15) is 0 Å². The van der Waals surface area contributed by atoms with Gasteiger partial charge in [0.25, 0.3) is 0 Å². The van der Waals surface area contributed by atoms with E-state index in [4.69, 9.17) is 0 Å². The first-order chi connectivity index (χ1) is 10.3. The van der Waals surface area contributed by atoms with Gasteiger partial charge < -0.3 is 5.32 Å². The summed E-state index contributed by atoms with van der Waals surface area (Å²) in [7, 11) is 0. The van der Waals surface area contributed by atoms with Gasteiger partial charge in [-0.15, -0.1) is 0 Å². The van der Waals surface area contributed by atoms with Crippen LogP contribution in [0.4, 0.5) is 0 Å². The summed E-state index contributed by atoms with van der Waals surface area (Å²) in [5.74, 6) is 0. The molecule has 21 heavy (non-hydrogen) atoms. The van der Waals surface area contributed by atoms with E-state index in [1.807, 2.05) is 0 Å². The first kappa shape index (κ1) is 15.0. The minimum atomic E-state index is 0.407. The van der Waals surface area contributed by atoms with Gasteiger partial charge in [0.1, 0.15) is 0 Å². The number of hydrogen-bond acceptors (Lipinski definition) is 1. The minimum absolute atomic E-state index is 0.407. The van der Waals surface area contributed by atoms with Crippen molar-refractivity contribution < 1.29 is 0 Å². The van der Waals surface area contributed by atoms with Crippen LogP contribution in [0.25, 0.3) is 0 Å². The first-order valence-electron chi connectivity index (χ1n) is 7.86. The zero-order valence-corrected chi connectivity index (χ0v) is 14.7. The molecular weight excluding hydrogens is 369 g/mol. The number of rotatable bonds is 5. The van der Waals surface area contributed by atoms with Crippen molar-refractivity contribution in [3.63, 3.8) is 0 Å². The highest BCUT2D eigenvalue weighted by Crippen LogP contribution is 2.26. The summed E-state index contributed by atoms with van der Waals surface area (Å²) in [6, 6.07) is 16.3. The summed E-state index contributed by atoms with van der Waals surface area (Å²) in [6.07, 6.45) is 4.93. The standard InChI is InChI=1S/C19H22IN/c1-2-21-19(17-7-4-8-18(20)13-17)12-14-9-10-15-5-3-6-16(15)11-14/h4,7-11,13,19,21H,2-3,5-6,12H2,1H3. The fourth-order valence-corrected chi connectivity index (χ4v) is 3.83. The molecule has 0 amide bonds. The van der Waals surface area contributed by atoms with Crippen LogP contribution in [-0.2, 0) is 19.3 Å². The Hall–Kier alpha value is -0.870. The van der Waals surface area contributed by atoms with E-state index in [9.17, 15) is 0 Å². The zero-order valence-electron chi connectivity index (χ0n) is 12.5. The van der Waals surface area contributed by atoms with Crippen LogP contribution in [0.15, 0.2) is 42.5 Å². The Bertz CT molecular complexity index is 621. The Morgan fingerprint density at radius 1 is 1.10 bits per heavy atom. The van der Waals surface area contributed by atoms with Gasteiger partial charge in [0.05, 0.1) is 0 Å². The van der Waals surface area contributed by atoms with Crippen molar-refractivity contribution in [3.05, 3.63) is 68.3 Å². The lowest BCUT2D eigenvalue weighted by atomic mass is 9.96. The molecular formula is C19H22IN. The lowest BCUT2D eigenvalue weighted by Crippen LogP contribution is -2.23. The number of hydrogen-bond donors (Lipinski definition) is 1. The van der Waals surface area contributed by atoms with Crippen LogP contribution in [0.2, 0.25) is 0 Å². The van der Waals surface area contributed by atoms with Crippen LogP contribution in [0.3, 0.4) is 0 Å². The average Bonchev–Trinajstić information content (AvgIpc) is 2.94. The molecule has 2 aromatic rings. The van der Waals surface area contributed by atoms with Gasteiger partial charge >= 0.3 is 0 Å². The summed E-state index contributed by atoms with van der Waals surface area (Å²) in [4.78, 5) is 0. The van der Waals surface area contributed by atoms with Gasteiger partial charge in [0.2, 0.25) is 0 Å². The van der Waals surface area contributed by atoms with E-state index in [0.29, 0.717) is 6.04 Å². The molecule has 1 unspecified atom stereocenters. The molecule has 0 bridgehead atoms. The number of nitrogens with one attached hydrogen (secondary N) is 1. The van der Waals surface area contributed by atoms with E-state index in [2.05, 4.69) is 77.3 Å². The summed E-state index contributed by atoms with van der Waals surface area (Å²) in [5, 5.41) is 3.64. The lowest BCUT2D eigenvalue weighted by molar-refractivity contribution is 0.549. The van der Waals surface area contributed by atoms with Crippen LogP contribution in [0.5, 0.6) is 0 Å². The zero-order chi connectivity index (χ0) is 14.7. The van der Waals surface area contributed by atoms with Crippen LogP contribution < -0.4 is 5.32 Å². The third-order valence-corrected chi connectivity index (χ3v) is 4.98. The van der Waals surface area contributed by atoms with Crippen LogP contribution in [-0.4, -0.2) is 6.54 Å². The number of fused-ring (bicyclic) bond motifs is 1. The maximum Gasteiger partial charge on any atom is 0.0361 e. The number of aryl methyl sites for hydroxylation is 2. The van der Waals surface area contributed by atoms with Gasteiger partial charge in [0, 0.05) is 9.61 Å². The van der Waals surface area contributed by atoms with Crippen molar-refractivity contribution in [3.8, 4) is 0 Å². The topological polar surface area (TPSA) is 12.0 Å². The first-order valence-corrected chi connectivity index (χ1v) is 8.93. The van der Waals surface area contributed by atoms with E-state index >= 15 is 0 Å². The monoisotopic (exact) mass is 391 g/mol. The van der Waals surface area contributed by atoms with Crippen LogP contribution in [0, 0.1) is 3.57 Å².